The predicted octanol–water partition coefficient (Wildman–Crippen LogP) is 4.42. The van der Waals surface area contributed by atoms with E-state index in [1.807, 2.05) is 24.3 Å². The fourth-order valence-electron chi connectivity index (χ4n) is 2.23. The van der Waals surface area contributed by atoms with Crippen molar-refractivity contribution in [2.75, 3.05) is 7.11 Å². The molecule has 0 heterocycles. The molecule has 4 nitrogen and oxygen atoms in total. The Kier molecular flexibility index (Phi) is 4.47. The van der Waals surface area contributed by atoms with E-state index in [9.17, 15) is 9.90 Å². The zero-order valence-electron chi connectivity index (χ0n) is 13.1. The number of hydrogen-bond acceptors (Lipinski definition) is 4. The fraction of sp³-hybridized carbons (Fsp3) is 0.0500. The van der Waals surface area contributed by atoms with Crippen molar-refractivity contribution in [2.24, 2.45) is 0 Å². The van der Waals surface area contributed by atoms with E-state index in [0.29, 0.717) is 22.6 Å². The molecule has 0 aliphatic carbocycles. The molecule has 0 saturated heterocycles. The lowest BCUT2D eigenvalue weighted by molar-refractivity contribution is 0.103. The number of aromatic hydroxyl groups is 1. The number of carbonyl (C=O) groups excluding carboxylic acids is 1. The van der Waals surface area contributed by atoms with Gasteiger partial charge in [-0.2, -0.15) is 0 Å². The second-order valence-corrected chi connectivity index (χ2v) is 5.18. The van der Waals surface area contributed by atoms with E-state index in [4.69, 9.17) is 9.47 Å². The van der Waals surface area contributed by atoms with E-state index in [1.54, 1.807) is 43.5 Å². The number of ketones is 1. The SMILES string of the molecule is COc1ccc(Oc2ccc(C(=O)c3ccc(O)cc3)cc2)cc1. The molecule has 0 radical (unpaired) electrons. The van der Waals surface area contributed by atoms with Gasteiger partial charge >= 0.3 is 0 Å². The van der Waals surface area contributed by atoms with Crippen LogP contribution in [0.15, 0.2) is 72.8 Å². The third-order valence-electron chi connectivity index (χ3n) is 3.54. The van der Waals surface area contributed by atoms with Gasteiger partial charge in [-0.1, -0.05) is 0 Å². The highest BCUT2D eigenvalue weighted by atomic mass is 16.5. The summed E-state index contributed by atoms with van der Waals surface area (Å²) >= 11 is 0. The molecule has 3 aromatic carbocycles. The van der Waals surface area contributed by atoms with Crippen molar-refractivity contribution in [1.82, 2.24) is 0 Å². The Bertz CT molecular complexity index is 819. The zero-order chi connectivity index (χ0) is 16.9. The minimum absolute atomic E-state index is 0.106. The molecule has 0 spiro atoms. The van der Waals surface area contributed by atoms with E-state index >= 15 is 0 Å². The normalized spacial score (nSPS) is 10.2. The third-order valence-corrected chi connectivity index (χ3v) is 3.54. The first kappa shape index (κ1) is 15.6. The standard InChI is InChI=1S/C20H16O4/c1-23-17-10-12-19(13-11-17)24-18-8-4-15(5-9-18)20(22)14-2-6-16(21)7-3-14/h2-13,21H,1H3. The molecule has 0 fully saturated rings. The molecule has 0 aliphatic heterocycles. The average molecular weight is 320 g/mol. The van der Waals surface area contributed by atoms with Crippen LogP contribution in [0.4, 0.5) is 0 Å². The van der Waals surface area contributed by atoms with Crippen LogP contribution < -0.4 is 9.47 Å². The van der Waals surface area contributed by atoms with Gasteiger partial charge in [0.15, 0.2) is 5.78 Å². The molecule has 0 amide bonds. The largest absolute Gasteiger partial charge is 0.508 e. The second kappa shape index (κ2) is 6.87. The van der Waals surface area contributed by atoms with Crippen LogP contribution in [0.2, 0.25) is 0 Å². The lowest BCUT2D eigenvalue weighted by Gasteiger charge is -2.07. The molecule has 3 aromatic rings. The Morgan fingerprint density at radius 3 is 1.62 bits per heavy atom. The summed E-state index contributed by atoms with van der Waals surface area (Å²) in [6.07, 6.45) is 0. The van der Waals surface area contributed by atoms with Gasteiger partial charge in [0, 0.05) is 11.1 Å². The number of methoxy groups -OCH3 is 1. The van der Waals surface area contributed by atoms with Crippen LogP contribution in [0.25, 0.3) is 0 Å². The summed E-state index contributed by atoms with van der Waals surface area (Å²) in [5.41, 5.74) is 1.08. The van der Waals surface area contributed by atoms with Crippen molar-refractivity contribution in [3.8, 4) is 23.0 Å². The molecule has 0 bridgehead atoms. The van der Waals surface area contributed by atoms with E-state index < -0.39 is 0 Å². The molecule has 0 aromatic heterocycles. The van der Waals surface area contributed by atoms with Gasteiger partial charge in [-0.05, 0) is 72.8 Å². The Labute approximate surface area is 139 Å². The summed E-state index contributed by atoms with van der Waals surface area (Å²) in [4.78, 5) is 12.4. The Morgan fingerprint density at radius 1 is 0.708 bits per heavy atom. The van der Waals surface area contributed by atoms with Gasteiger partial charge in [0.05, 0.1) is 7.11 Å². The highest BCUT2D eigenvalue weighted by molar-refractivity contribution is 6.09. The van der Waals surface area contributed by atoms with Crippen molar-refractivity contribution in [3.05, 3.63) is 83.9 Å². The van der Waals surface area contributed by atoms with Gasteiger partial charge < -0.3 is 14.6 Å². The van der Waals surface area contributed by atoms with Crippen LogP contribution in [-0.4, -0.2) is 18.0 Å². The van der Waals surface area contributed by atoms with Crippen LogP contribution in [0.1, 0.15) is 15.9 Å². The van der Waals surface area contributed by atoms with Crippen LogP contribution in [0.3, 0.4) is 0 Å². The van der Waals surface area contributed by atoms with E-state index in [0.717, 1.165) is 5.75 Å². The van der Waals surface area contributed by atoms with Gasteiger partial charge in [0.25, 0.3) is 0 Å². The molecule has 3 rings (SSSR count). The highest BCUT2D eigenvalue weighted by Gasteiger charge is 2.09. The number of benzene rings is 3. The van der Waals surface area contributed by atoms with Crippen LogP contribution in [0.5, 0.6) is 23.0 Å². The van der Waals surface area contributed by atoms with Crippen molar-refractivity contribution in [2.45, 2.75) is 0 Å². The first-order valence-corrected chi connectivity index (χ1v) is 7.41. The summed E-state index contributed by atoms with van der Waals surface area (Å²) < 4.78 is 10.8. The molecular formula is C20H16O4. The number of phenols is 1. The topological polar surface area (TPSA) is 55.8 Å². The molecule has 0 atom stereocenters. The quantitative estimate of drug-likeness (QED) is 0.707. The van der Waals surface area contributed by atoms with Gasteiger partial charge in [-0.25, -0.2) is 0 Å². The summed E-state index contributed by atoms with van der Waals surface area (Å²) in [6.45, 7) is 0. The summed E-state index contributed by atoms with van der Waals surface area (Å²) in [5.74, 6) is 2.12. The lowest BCUT2D eigenvalue weighted by atomic mass is 10.0. The van der Waals surface area contributed by atoms with E-state index in [1.165, 1.54) is 12.1 Å². The number of hydrogen-bond donors (Lipinski definition) is 1. The summed E-state index contributed by atoms with van der Waals surface area (Å²) in [5, 5.41) is 9.28. The smallest absolute Gasteiger partial charge is 0.193 e. The molecule has 0 unspecified atom stereocenters. The minimum Gasteiger partial charge on any atom is -0.508 e. The first-order chi connectivity index (χ1) is 11.7. The molecule has 120 valence electrons. The maximum Gasteiger partial charge on any atom is 0.193 e. The van der Waals surface area contributed by atoms with Crippen molar-refractivity contribution in [3.63, 3.8) is 0 Å². The maximum atomic E-state index is 12.4. The molecule has 0 saturated carbocycles. The molecule has 4 heteroatoms. The van der Waals surface area contributed by atoms with Gasteiger partial charge in [0.2, 0.25) is 0 Å². The van der Waals surface area contributed by atoms with Gasteiger partial charge in [-0.15, -0.1) is 0 Å². The lowest BCUT2D eigenvalue weighted by Crippen LogP contribution is -2.00. The number of carbonyl (C=O) groups is 1. The van der Waals surface area contributed by atoms with Crippen LogP contribution >= 0.6 is 0 Å². The van der Waals surface area contributed by atoms with Gasteiger partial charge in [-0.3, -0.25) is 4.79 Å². The number of rotatable bonds is 5. The predicted molar refractivity (Wildman–Crippen MR) is 91.0 cm³/mol. The van der Waals surface area contributed by atoms with E-state index in [-0.39, 0.29) is 11.5 Å². The minimum atomic E-state index is -0.106. The molecular weight excluding hydrogens is 304 g/mol. The average Bonchev–Trinajstić information content (AvgIpc) is 2.63. The summed E-state index contributed by atoms with van der Waals surface area (Å²) in [6, 6.07) is 20.4. The zero-order valence-corrected chi connectivity index (χ0v) is 13.1. The van der Waals surface area contributed by atoms with Crippen LogP contribution in [0, 0.1) is 0 Å². The number of phenolic OH excluding ortho intramolecular Hbond substituents is 1. The molecule has 1 N–H and O–H groups in total. The number of ether oxygens (including phenoxy) is 2. The Balaban J connectivity index is 1.72. The van der Waals surface area contributed by atoms with Crippen LogP contribution in [-0.2, 0) is 0 Å². The monoisotopic (exact) mass is 320 g/mol. The van der Waals surface area contributed by atoms with Crippen molar-refractivity contribution < 1.29 is 19.4 Å². The fourth-order valence-corrected chi connectivity index (χ4v) is 2.23. The van der Waals surface area contributed by atoms with Crippen molar-refractivity contribution in [1.29, 1.82) is 0 Å². The maximum absolute atomic E-state index is 12.4. The molecule has 0 aliphatic rings. The third kappa shape index (κ3) is 3.55. The molecule has 24 heavy (non-hydrogen) atoms. The first-order valence-electron chi connectivity index (χ1n) is 7.41. The van der Waals surface area contributed by atoms with Crippen molar-refractivity contribution >= 4 is 5.78 Å². The Hall–Kier alpha value is -3.27. The highest BCUT2D eigenvalue weighted by Crippen LogP contribution is 2.24. The Morgan fingerprint density at radius 2 is 1.12 bits per heavy atom. The van der Waals surface area contributed by atoms with Gasteiger partial charge in [0.1, 0.15) is 23.0 Å². The summed E-state index contributed by atoms with van der Waals surface area (Å²) in [7, 11) is 1.61. The van der Waals surface area contributed by atoms with E-state index in [2.05, 4.69) is 0 Å². The second-order valence-electron chi connectivity index (χ2n) is 5.18.